The van der Waals surface area contributed by atoms with E-state index in [2.05, 4.69) is 9.88 Å². The van der Waals surface area contributed by atoms with Gasteiger partial charge in [-0.2, -0.15) is 0 Å². The summed E-state index contributed by atoms with van der Waals surface area (Å²) >= 11 is 0. The Morgan fingerprint density at radius 2 is 1.62 bits per heavy atom. The minimum Gasteiger partial charge on any atom is -0.356 e. The minimum absolute atomic E-state index is 0.124. The van der Waals surface area contributed by atoms with Crippen molar-refractivity contribution in [2.45, 2.75) is 50.1 Å². The number of benzene rings is 3. The molecule has 4 aromatic rings. The van der Waals surface area contributed by atoms with Gasteiger partial charge in [0.15, 0.2) is 17.5 Å². The molecule has 0 unspecified atom stereocenters. The lowest BCUT2D eigenvalue weighted by molar-refractivity contribution is -0.0145. The number of nitrogens with zero attached hydrogens (tertiary/aromatic N) is 2. The predicted molar refractivity (Wildman–Crippen MR) is 146 cm³/mol. The number of aromatic amines is 1. The summed E-state index contributed by atoms with van der Waals surface area (Å²) < 4.78 is 57.9. The van der Waals surface area contributed by atoms with E-state index in [4.69, 9.17) is 0 Å². The van der Waals surface area contributed by atoms with E-state index >= 15 is 4.39 Å². The molecule has 2 heterocycles. The van der Waals surface area contributed by atoms with Crippen LogP contribution in [0.1, 0.15) is 58.4 Å². The van der Waals surface area contributed by atoms with Gasteiger partial charge in [-0.15, -0.1) is 0 Å². The minimum atomic E-state index is -1.64. The molecule has 0 bridgehead atoms. The van der Waals surface area contributed by atoms with Crippen molar-refractivity contribution in [3.05, 3.63) is 106 Å². The molecule has 1 aromatic heterocycles. The number of fused-ring (bicyclic) bond motifs is 4. The molecule has 1 spiro atoms. The van der Waals surface area contributed by atoms with Crippen LogP contribution in [-0.2, 0) is 17.5 Å². The number of halogens is 4. The molecule has 8 heteroatoms. The Kier molecular flexibility index (Phi) is 6.29. The predicted octanol–water partition coefficient (Wildman–Crippen LogP) is 6.96. The molecule has 6 rings (SSSR count). The molecule has 2 aliphatic rings. The van der Waals surface area contributed by atoms with E-state index in [1.54, 1.807) is 17.0 Å². The fourth-order valence-corrected chi connectivity index (χ4v) is 7.13. The lowest BCUT2D eigenvalue weighted by Gasteiger charge is -2.55. The van der Waals surface area contributed by atoms with Crippen LogP contribution in [0.25, 0.3) is 10.9 Å². The number of hydrogen-bond acceptors (Lipinski definition) is 2. The van der Waals surface area contributed by atoms with Crippen LogP contribution >= 0.6 is 0 Å². The number of hydrogen-bond donors (Lipinski definition) is 1. The first-order valence-corrected chi connectivity index (χ1v) is 13.6. The molecule has 0 radical (unpaired) electrons. The number of aromatic nitrogens is 1. The van der Waals surface area contributed by atoms with Gasteiger partial charge >= 0.3 is 0 Å². The summed E-state index contributed by atoms with van der Waals surface area (Å²) in [5.41, 5.74) is 1.93. The van der Waals surface area contributed by atoms with Gasteiger partial charge in [0.1, 0.15) is 5.82 Å². The quantitative estimate of drug-likeness (QED) is 0.222. The molecule has 3 aromatic carbocycles. The fourth-order valence-electron chi connectivity index (χ4n) is 7.13. The van der Waals surface area contributed by atoms with Crippen LogP contribution in [0, 0.1) is 30.2 Å². The summed E-state index contributed by atoms with van der Waals surface area (Å²) in [7, 11) is 3.95. The van der Waals surface area contributed by atoms with Crippen molar-refractivity contribution in [1.29, 1.82) is 0 Å². The summed E-state index contributed by atoms with van der Waals surface area (Å²) in [5, 5.41) is 1.08. The molecular formula is C32H31F4N3O. The molecule has 0 saturated heterocycles. The van der Waals surface area contributed by atoms with Gasteiger partial charge in [-0.05, 0) is 94.1 Å². The first kappa shape index (κ1) is 26.6. The number of aryl methyl sites for hydroxylation is 1. The lowest BCUT2D eigenvalue weighted by atomic mass is 9.65. The summed E-state index contributed by atoms with van der Waals surface area (Å²) in [6.45, 7) is 1.63. The number of carbonyl (C=O) groups is 1. The number of carbonyl (C=O) groups excluding carboxylic acids is 1. The Balaban J connectivity index is 1.49. The Bertz CT molecular complexity index is 1630. The van der Waals surface area contributed by atoms with Crippen LogP contribution < -0.4 is 0 Å². The zero-order valence-corrected chi connectivity index (χ0v) is 22.8. The second kappa shape index (κ2) is 9.47. The highest BCUT2D eigenvalue weighted by molar-refractivity contribution is 5.96. The van der Waals surface area contributed by atoms with E-state index in [9.17, 15) is 18.0 Å². The SMILES string of the molecule is Cc1cc(C(=O)N2CCc3c([nH]c4ccccc34)C23CCC(c2cccc(F)c2)(N(C)C)CC3)c(F)c(F)c1F. The molecule has 0 atom stereocenters. The fraction of sp³-hybridized carbons (Fsp3) is 0.344. The number of para-hydroxylation sites is 1. The third-order valence-electron chi connectivity index (χ3n) is 9.31. The number of amides is 1. The van der Waals surface area contributed by atoms with Gasteiger partial charge < -0.3 is 9.88 Å². The molecule has 1 amide bonds. The maximum absolute atomic E-state index is 15.0. The van der Waals surface area contributed by atoms with Crippen molar-refractivity contribution in [3.63, 3.8) is 0 Å². The van der Waals surface area contributed by atoms with Crippen LogP contribution in [0.15, 0.2) is 54.6 Å². The highest BCUT2D eigenvalue weighted by atomic mass is 19.2. The van der Waals surface area contributed by atoms with Crippen LogP contribution in [-0.4, -0.2) is 41.3 Å². The van der Waals surface area contributed by atoms with Crippen molar-refractivity contribution >= 4 is 16.8 Å². The number of rotatable bonds is 3. The molecule has 208 valence electrons. The molecule has 40 heavy (non-hydrogen) atoms. The maximum atomic E-state index is 15.0. The van der Waals surface area contributed by atoms with E-state index in [0.717, 1.165) is 33.8 Å². The van der Waals surface area contributed by atoms with Crippen molar-refractivity contribution in [2.24, 2.45) is 0 Å². The standard InChI is InChI=1S/C32H31F4N3O/c1-19-17-24(27(35)28(36)26(19)34)30(40)39-16-11-23-22-9-4-5-10-25(22)37-29(23)32(39)14-12-31(13-15-32,38(2)3)20-7-6-8-21(33)18-20/h4-10,17-18,37H,11-16H2,1-3H3. The van der Waals surface area contributed by atoms with Gasteiger partial charge in [-0.25, -0.2) is 17.6 Å². The maximum Gasteiger partial charge on any atom is 0.257 e. The highest BCUT2D eigenvalue weighted by Crippen LogP contribution is 2.54. The van der Waals surface area contributed by atoms with Gasteiger partial charge in [0.2, 0.25) is 0 Å². The van der Waals surface area contributed by atoms with Crippen LogP contribution in [0.2, 0.25) is 0 Å². The van der Waals surface area contributed by atoms with Gasteiger partial charge in [-0.3, -0.25) is 9.69 Å². The van der Waals surface area contributed by atoms with Crippen LogP contribution in [0.3, 0.4) is 0 Å². The second-order valence-electron chi connectivity index (χ2n) is 11.4. The third-order valence-corrected chi connectivity index (χ3v) is 9.31. The smallest absolute Gasteiger partial charge is 0.257 e. The van der Waals surface area contributed by atoms with Gasteiger partial charge in [-0.1, -0.05) is 30.3 Å². The summed E-state index contributed by atoms with van der Waals surface area (Å²) in [4.78, 5) is 21.4. The lowest BCUT2D eigenvalue weighted by Crippen LogP contribution is -2.58. The second-order valence-corrected chi connectivity index (χ2v) is 11.4. The van der Waals surface area contributed by atoms with Crippen molar-refractivity contribution in [2.75, 3.05) is 20.6 Å². The first-order valence-electron chi connectivity index (χ1n) is 13.6. The molecule has 1 aliphatic carbocycles. The van der Waals surface area contributed by atoms with Crippen molar-refractivity contribution in [1.82, 2.24) is 14.8 Å². The number of nitrogens with one attached hydrogen (secondary N) is 1. The van der Waals surface area contributed by atoms with E-state index in [-0.39, 0.29) is 11.4 Å². The van der Waals surface area contributed by atoms with Crippen molar-refractivity contribution in [3.8, 4) is 0 Å². The number of H-pyrrole nitrogens is 1. The Hall–Kier alpha value is -3.65. The molecular weight excluding hydrogens is 518 g/mol. The van der Waals surface area contributed by atoms with Gasteiger partial charge in [0, 0.05) is 28.7 Å². The Labute approximate surface area is 230 Å². The first-order chi connectivity index (χ1) is 19.1. The average molecular weight is 550 g/mol. The van der Waals surface area contributed by atoms with E-state index < -0.39 is 40.0 Å². The largest absolute Gasteiger partial charge is 0.356 e. The van der Waals surface area contributed by atoms with E-state index in [1.807, 2.05) is 44.4 Å². The van der Waals surface area contributed by atoms with Crippen molar-refractivity contribution < 1.29 is 22.4 Å². The molecule has 1 N–H and O–H groups in total. The third kappa shape index (κ3) is 3.79. The molecule has 1 saturated carbocycles. The Morgan fingerprint density at radius 1 is 0.900 bits per heavy atom. The normalized spacial score (nSPS) is 22.8. The zero-order valence-electron chi connectivity index (χ0n) is 22.8. The van der Waals surface area contributed by atoms with Gasteiger partial charge in [0.25, 0.3) is 5.91 Å². The summed E-state index contributed by atoms with van der Waals surface area (Å²) in [5.74, 6) is -5.36. The summed E-state index contributed by atoms with van der Waals surface area (Å²) in [6, 6.07) is 15.7. The van der Waals surface area contributed by atoms with Crippen LogP contribution in [0.4, 0.5) is 17.6 Å². The summed E-state index contributed by atoms with van der Waals surface area (Å²) in [6.07, 6.45) is 2.76. The van der Waals surface area contributed by atoms with E-state index in [0.29, 0.717) is 38.6 Å². The highest BCUT2D eigenvalue weighted by Gasteiger charge is 2.53. The van der Waals surface area contributed by atoms with Gasteiger partial charge in [0.05, 0.1) is 11.1 Å². The topological polar surface area (TPSA) is 39.3 Å². The Morgan fingerprint density at radius 3 is 2.33 bits per heavy atom. The van der Waals surface area contributed by atoms with Crippen LogP contribution in [0.5, 0.6) is 0 Å². The zero-order chi connectivity index (χ0) is 28.4. The average Bonchev–Trinajstić information content (AvgIpc) is 3.34. The molecule has 1 aliphatic heterocycles. The van der Waals surface area contributed by atoms with E-state index in [1.165, 1.54) is 13.0 Å². The monoisotopic (exact) mass is 549 g/mol. The molecule has 4 nitrogen and oxygen atoms in total. The molecule has 1 fully saturated rings.